The highest BCUT2D eigenvalue weighted by Crippen LogP contribution is 2.27. The van der Waals surface area contributed by atoms with Crippen molar-refractivity contribution >= 4 is 17.3 Å². The highest BCUT2D eigenvalue weighted by molar-refractivity contribution is 5.81. The number of hydrogen-bond donors (Lipinski definition) is 0. The third kappa shape index (κ3) is 1.43. The molecule has 2 rings (SSSR count). The normalized spacial score (nSPS) is 12.9. The molecule has 0 amide bonds. The highest BCUT2D eigenvalue weighted by Gasteiger charge is 2.09. The largest absolute Gasteiger partial charge is 0.464 e. The molecule has 0 aliphatic rings. The number of aldehydes is 1. The van der Waals surface area contributed by atoms with Crippen LogP contribution in [0.4, 0.5) is 0 Å². The maximum atomic E-state index is 10.4. The molecule has 2 aromatic rings. The second-order valence-electron chi connectivity index (χ2n) is 3.48. The standard InChI is InChI=1S/C12H12O2/c1-9(5-7-13)10-3-2-4-12-11(10)6-8-14-12/h2-4,6-9H,5H2,1H3. The Morgan fingerprint density at radius 2 is 2.29 bits per heavy atom. The van der Waals surface area contributed by atoms with Crippen LogP contribution in [0.15, 0.2) is 34.9 Å². The van der Waals surface area contributed by atoms with Crippen molar-refractivity contribution in [2.75, 3.05) is 0 Å². The van der Waals surface area contributed by atoms with Crippen molar-refractivity contribution in [2.45, 2.75) is 19.3 Å². The van der Waals surface area contributed by atoms with Crippen LogP contribution in [-0.2, 0) is 4.79 Å². The maximum absolute atomic E-state index is 10.4. The fraction of sp³-hybridized carbons (Fsp3) is 0.250. The summed E-state index contributed by atoms with van der Waals surface area (Å²) in [4.78, 5) is 10.4. The van der Waals surface area contributed by atoms with Crippen LogP contribution in [0, 0.1) is 0 Å². The van der Waals surface area contributed by atoms with Crippen LogP contribution in [0.3, 0.4) is 0 Å². The van der Waals surface area contributed by atoms with E-state index in [0.717, 1.165) is 17.3 Å². The van der Waals surface area contributed by atoms with Crippen LogP contribution in [0.25, 0.3) is 11.0 Å². The summed E-state index contributed by atoms with van der Waals surface area (Å²) >= 11 is 0. The topological polar surface area (TPSA) is 30.2 Å². The first-order valence-electron chi connectivity index (χ1n) is 4.72. The zero-order valence-corrected chi connectivity index (χ0v) is 8.07. The van der Waals surface area contributed by atoms with Gasteiger partial charge in [0.15, 0.2) is 0 Å². The van der Waals surface area contributed by atoms with Gasteiger partial charge in [-0.2, -0.15) is 0 Å². The summed E-state index contributed by atoms with van der Waals surface area (Å²) in [6.07, 6.45) is 3.20. The Morgan fingerprint density at radius 1 is 1.43 bits per heavy atom. The van der Waals surface area contributed by atoms with Crippen LogP contribution >= 0.6 is 0 Å². The first kappa shape index (κ1) is 9.00. The molecule has 72 valence electrons. The van der Waals surface area contributed by atoms with Gasteiger partial charge in [-0.3, -0.25) is 0 Å². The predicted octanol–water partition coefficient (Wildman–Crippen LogP) is 3.13. The van der Waals surface area contributed by atoms with Crippen LogP contribution in [-0.4, -0.2) is 6.29 Å². The van der Waals surface area contributed by atoms with E-state index in [2.05, 4.69) is 6.92 Å². The molecule has 0 spiro atoms. The molecule has 0 saturated heterocycles. The fourth-order valence-corrected chi connectivity index (χ4v) is 1.72. The molecule has 0 aliphatic heterocycles. The monoisotopic (exact) mass is 188 g/mol. The molecular weight excluding hydrogens is 176 g/mol. The molecule has 0 N–H and O–H groups in total. The quantitative estimate of drug-likeness (QED) is 0.693. The van der Waals surface area contributed by atoms with Crippen molar-refractivity contribution < 1.29 is 9.21 Å². The lowest BCUT2D eigenvalue weighted by Crippen LogP contribution is -1.94. The molecule has 0 radical (unpaired) electrons. The minimum atomic E-state index is 0.258. The Hall–Kier alpha value is -1.57. The Labute approximate surface area is 82.5 Å². The average Bonchev–Trinajstić information content (AvgIpc) is 2.65. The molecule has 2 nitrogen and oxygen atoms in total. The van der Waals surface area contributed by atoms with Gasteiger partial charge >= 0.3 is 0 Å². The highest BCUT2D eigenvalue weighted by atomic mass is 16.3. The number of hydrogen-bond acceptors (Lipinski definition) is 2. The summed E-state index contributed by atoms with van der Waals surface area (Å²) in [6, 6.07) is 7.90. The number of carbonyl (C=O) groups is 1. The SMILES string of the molecule is CC(CC=O)c1cccc2occc12. The summed E-state index contributed by atoms with van der Waals surface area (Å²) in [5.41, 5.74) is 2.07. The number of carbonyl (C=O) groups excluding carboxylic acids is 1. The van der Waals surface area contributed by atoms with Gasteiger partial charge in [-0.1, -0.05) is 19.1 Å². The summed E-state index contributed by atoms with van der Waals surface area (Å²) in [5.74, 6) is 0.258. The summed E-state index contributed by atoms with van der Waals surface area (Å²) in [5, 5.41) is 1.11. The maximum Gasteiger partial charge on any atom is 0.134 e. The van der Waals surface area contributed by atoms with Gasteiger partial charge in [-0.15, -0.1) is 0 Å². The fourth-order valence-electron chi connectivity index (χ4n) is 1.72. The van der Waals surface area contributed by atoms with Gasteiger partial charge in [0.1, 0.15) is 11.9 Å². The smallest absolute Gasteiger partial charge is 0.134 e. The van der Waals surface area contributed by atoms with Gasteiger partial charge in [-0.05, 0) is 23.6 Å². The van der Waals surface area contributed by atoms with E-state index in [4.69, 9.17) is 4.42 Å². The number of rotatable bonds is 3. The molecule has 1 aromatic carbocycles. The Morgan fingerprint density at radius 3 is 3.07 bits per heavy atom. The van der Waals surface area contributed by atoms with Crippen molar-refractivity contribution in [3.8, 4) is 0 Å². The molecule has 1 heterocycles. The second kappa shape index (κ2) is 3.66. The number of furan rings is 1. The lowest BCUT2D eigenvalue weighted by atomic mass is 9.95. The van der Waals surface area contributed by atoms with Gasteiger partial charge < -0.3 is 9.21 Å². The molecule has 0 bridgehead atoms. The van der Waals surface area contributed by atoms with Crippen molar-refractivity contribution in [1.82, 2.24) is 0 Å². The molecule has 0 fully saturated rings. The van der Waals surface area contributed by atoms with Gasteiger partial charge in [0.05, 0.1) is 6.26 Å². The van der Waals surface area contributed by atoms with Crippen LogP contribution in [0.1, 0.15) is 24.8 Å². The summed E-state index contributed by atoms with van der Waals surface area (Å²) < 4.78 is 5.30. The number of fused-ring (bicyclic) bond motifs is 1. The molecule has 1 unspecified atom stereocenters. The first-order valence-corrected chi connectivity index (χ1v) is 4.72. The van der Waals surface area contributed by atoms with E-state index >= 15 is 0 Å². The van der Waals surface area contributed by atoms with Gasteiger partial charge in [-0.25, -0.2) is 0 Å². The molecule has 2 heteroatoms. The minimum absolute atomic E-state index is 0.258. The van der Waals surface area contributed by atoms with Gasteiger partial charge in [0, 0.05) is 11.8 Å². The Balaban J connectivity index is 2.50. The predicted molar refractivity (Wildman–Crippen MR) is 55.3 cm³/mol. The van der Waals surface area contributed by atoms with E-state index in [1.54, 1.807) is 6.26 Å². The zero-order chi connectivity index (χ0) is 9.97. The zero-order valence-electron chi connectivity index (χ0n) is 8.07. The van der Waals surface area contributed by atoms with Crippen molar-refractivity contribution in [3.63, 3.8) is 0 Å². The van der Waals surface area contributed by atoms with Crippen molar-refractivity contribution in [3.05, 3.63) is 36.1 Å². The van der Waals surface area contributed by atoms with Crippen molar-refractivity contribution in [1.29, 1.82) is 0 Å². The summed E-state index contributed by atoms with van der Waals surface area (Å²) in [7, 11) is 0. The van der Waals surface area contributed by atoms with E-state index in [1.807, 2.05) is 24.3 Å². The van der Waals surface area contributed by atoms with E-state index in [1.165, 1.54) is 5.56 Å². The van der Waals surface area contributed by atoms with E-state index in [0.29, 0.717) is 6.42 Å². The molecule has 14 heavy (non-hydrogen) atoms. The van der Waals surface area contributed by atoms with E-state index in [-0.39, 0.29) is 5.92 Å². The second-order valence-corrected chi connectivity index (χ2v) is 3.48. The van der Waals surface area contributed by atoms with E-state index in [9.17, 15) is 4.79 Å². The molecule has 0 aliphatic carbocycles. The molecular formula is C12H12O2. The third-order valence-corrected chi connectivity index (χ3v) is 2.51. The van der Waals surface area contributed by atoms with Crippen LogP contribution < -0.4 is 0 Å². The average molecular weight is 188 g/mol. The third-order valence-electron chi connectivity index (χ3n) is 2.51. The number of benzene rings is 1. The van der Waals surface area contributed by atoms with E-state index < -0.39 is 0 Å². The first-order chi connectivity index (χ1) is 6.83. The molecule has 1 aromatic heterocycles. The Kier molecular flexibility index (Phi) is 2.35. The summed E-state index contributed by atoms with van der Waals surface area (Å²) in [6.45, 7) is 2.05. The van der Waals surface area contributed by atoms with Crippen LogP contribution in [0.2, 0.25) is 0 Å². The lowest BCUT2D eigenvalue weighted by Gasteiger charge is -2.08. The Bertz CT molecular complexity index is 442. The van der Waals surface area contributed by atoms with Gasteiger partial charge in [0.2, 0.25) is 0 Å². The van der Waals surface area contributed by atoms with Crippen LogP contribution in [0.5, 0.6) is 0 Å². The minimum Gasteiger partial charge on any atom is -0.464 e. The van der Waals surface area contributed by atoms with Gasteiger partial charge in [0.25, 0.3) is 0 Å². The molecule has 1 atom stereocenters. The van der Waals surface area contributed by atoms with Crippen molar-refractivity contribution in [2.24, 2.45) is 0 Å². The molecule has 0 saturated carbocycles. The lowest BCUT2D eigenvalue weighted by molar-refractivity contribution is -0.108.